The van der Waals surface area contributed by atoms with Gasteiger partial charge in [0.2, 0.25) is 0 Å². The van der Waals surface area contributed by atoms with Crippen molar-refractivity contribution in [3.05, 3.63) is 12.3 Å². The van der Waals surface area contributed by atoms with E-state index in [1.807, 2.05) is 25.1 Å². The molecule has 0 unspecified atom stereocenters. The molecule has 0 rings (SSSR count). The highest BCUT2D eigenvalue weighted by Crippen LogP contribution is 2.11. The Balaban J connectivity index is 4.05. The Kier molecular flexibility index (Phi) is 8.19. The second kappa shape index (κ2) is 8.73. The molecule has 0 saturated carbocycles. The topological polar surface area (TPSA) is 28.0 Å². The highest BCUT2D eigenvalue weighted by atomic mass is 15.5. The molecule has 0 radical (unpaired) electrons. The first-order valence-electron chi connectivity index (χ1n) is 5.51. The number of nitrogens with zero attached hydrogens (tertiary/aromatic N) is 3. The van der Waals surface area contributed by atoms with Gasteiger partial charge in [-0.3, -0.25) is 5.01 Å². The van der Waals surface area contributed by atoms with Gasteiger partial charge in [-0.25, -0.2) is 0 Å². The quantitative estimate of drug-likeness (QED) is 0.451. The minimum Gasteiger partial charge on any atom is -0.278 e. The number of allylic oxidation sites excluding steroid dienone is 1. The Hall–Kier alpha value is -0.860. The van der Waals surface area contributed by atoms with Crippen LogP contribution in [0.15, 0.2) is 22.6 Å². The van der Waals surface area contributed by atoms with Crippen molar-refractivity contribution in [3.63, 3.8) is 0 Å². The first-order chi connectivity index (χ1) is 6.76. The average molecular weight is 197 g/mol. The highest BCUT2D eigenvalue weighted by molar-refractivity contribution is 4.72. The molecule has 0 aromatic carbocycles. The zero-order valence-corrected chi connectivity index (χ0v) is 9.90. The normalized spacial score (nSPS) is 12.1. The summed E-state index contributed by atoms with van der Waals surface area (Å²) in [5.41, 5.74) is 0. The van der Waals surface area contributed by atoms with E-state index in [1.54, 1.807) is 6.20 Å². The fourth-order valence-electron chi connectivity index (χ4n) is 1.44. The first kappa shape index (κ1) is 13.1. The molecule has 0 bridgehead atoms. The van der Waals surface area contributed by atoms with Crippen LogP contribution in [0.25, 0.3) is 0 Å². The molecule has 14 heavy (non-hydrogen) atoms. The van der Waals surface area contributed by atoms with Gasteiger partial charge >= 0.3 is 0 Å². The Morgan fingerprint density at radius 1 is 1.21 bits per heavy atom. The molecule has 0 heterocycles. The molecule has 0 atom stereocenters. The molecule has 82 valence electrons. The van der Waals surface area contributed by atoms with Crippen LogP contribution in [0.3, 0.4) is 0 Å². The van der Waals surface area contributed by atoms with Gasteiger partial charge in [0, 0.05) is 19.3 Å². The summed E-state index contributed by atoms with van der Waals surface area (Å²) in [6.07, 6.45) is 8.39. The van der Waals surface area contributed by atoms with Gasteiger partial charge in [-0.05, 0) is 19.8 Å². The van der Waals surface area contributed by atoms with Crippen molar-refractivity contribution in [2.75, 3.05) is 7.05 Å². The molecule has 0 spiro atoms. The summed E-state index contributed by atoms with van der Waals surface area (Å²) >= 11 is 0. The van der Waals surface area contributed by atoms with E-state index in [0.717, 1.165) is 0 Å². The molecule has 0 aliphatic carbocycles. The molecule has 0 amide bonds. The van der Waals surface area contributed by atoms with Gasteiger partial charge in [0.25, 0.3) is 0 Å². The summed E-state index contributed by atoms with van der Waals surface area (Å²) in [6, 6.07) is 0.541. The largest absolute Gasteiger partial charge is 0.278 e. The average Bonchev–Trinajstić information content (AvgIpc) is 2.18. The third-order valence-corrected chi connectivity index (χ3v) is 2.18. The summed E-state index contributed by atoms with van der Waals surface area (Å²) in [4.78, 5) is 0. The van der Waals surface area contributed by atoms with Crippen molar-refractivity contribution in [1.82, 2.24) is 5.01 Å². The van der Waals surface area contributed by atoms with Crippen molar-refractivity contribution in [2.45, 2.75) is 52.5 Å². The molecule has 0 aliphatic heterocycles. The summed E-state index contributed by atoms with van der Waals surface area (Å²) < 4.78 is 0. The maximum absolute atomic E-state index is 4.12. The third kappa shape index (κ3) is 5.73. The molecule has 0 aromatic heterocycles. The van der Waals surface area contributed by atoms with Crippen molar-refractivity contribution in [3.8, 4) is 0 Å². The summed E-state index contributed by atoms with van der Waals surface area (Å²) in [6.45, 7) is 6.35. The Morgan fingerprint density at radius 2 is 1.79 bits per heavy atom. The molecule has 0 aliphatic rings. The number of hydrogen-bond donors (Lipinski definition) is 0. The SMILES string of the molecule is C/C=C\N=NN(C)C(CCC)CCC. The molecular weight excluding hydrogens is 174 g/mol. The van der Waals surface area contributed by atoms with E-state index in [-0.39, 0.29) is 0 Å². The van der Waals surface area contributed by atoms with Crippen LogP contribution in [0, 0.1) is 0 Å². The van der Waals surface area contributed by atoms with Crippen LogP contribution in [-0.4, -0.2) is 18.1 Å². The lowest BCUT2D eigenvalue weighted by atomic mass is 10.1. The predicted octanol–water partition coefficient (Wildman–Crippen LogP) is 3.79. The summed E-state index contributed by atoms with van der Waals surface area (Å²) in [5, 5.41) is 10.0. The van der Waals surface area contributed by atoms with Gasteiger partial charge < -0.3 is 0 Å². The van der Waals surface area contributed by atoms with E-state index in [2.05, 4.69) is 24.2 Å². The number of hydrogen-bond acceptors (Lipinski definition) is 2. The van der Waals surface area contributed by atoms with Crippen LogP contribution >= 0.6 is 0 Å². The third-order valence-electron chi connectivity index (χ3n) is 2.18. The zero-order chi connectivity index (χ0) is 10.8. The van der Waals surface area contributed by atoms with Crippen LogP contribution in [0.4, 0.5) is 0 Å². The van der Waals surface area contributed by atoms with Crippen molar-refractivity contribution in [2.24, 2.45) is 10.3 Å². The predicted molar refractivity (Wildman–Crippen MR) is 61.0 cm³/mol. The van der Waals surface area contributed by atoms with Crippen molar-refractivity contribution in [1.29, 1.82) is 0 Å². The Labute approximate surface area is 87.9 Å². The van der Waals surface area contributed by atoms with Crippen molar-refractivity contribution < 1.29 is 0 Å². The molecule has 0 fully saturated rings. The van der Waals surface area contributed by atoms with Gasteiger partial charge in [0.05, 0.1) is 0 Å². The second-order valence-electron chi connectivity index (χ2n) is 3.49. The Morgan fingerprint density at radius 3 is 2.21 bits per heavy atom. The standard InChI is InChI=1S/C11H23N3/c1-5-8-11(9-6-2)14(4)13-12-10-7-3/h7,10-11H,5-6,8-9H2,1-4H3/b10-7-,13-12?. The van der Waals surface area contributed by atoms with E-state index in [9.17, 15) is 0 Å². The second-order valence-corrected chi connectivity index (χ2v) is 3.49. The maximum Gasteiger partial charge on any atom is 0.0484 e. The molecule has 3 nitrogen and oxygen atoms in total. The van der Waals surface area contributed by atoms with Crippen LogP contribution in [-0.2, 0) is 0 Å². The lowest BCUT2D eigenvalue weighted by molar-refractivity contribution is 0.211. The van der Waals surface area contributed by atoms with Gasteiger partial charge in [-0.15, -0.1) is 5.11 Å². The van der Waals surface area contributed by atoms with Gasteiger partial charge in [-0.1, -0.05) is 38.0 Å². The minimum atomic E-state index is 0.541. The van der Waals surface area contributed by atoms with E-state index < -0.39 is 0 Å². The number of rotatable bonds is 7. The van der Waals surface area contributed by atoms with Gasteiger partial charge in [0.1, 0.15) is 0 Å². The summed E-state index contributed by atoms with van der Waals surface area (Å²) in [7, 11) is 2.00. The first-order valence-corrected chi connectivity index (χ1v) is 5.51. The van der Waals surface area contributed by atoms with Crippen LogP contribution < -0.4 is 0 Å². The molecule has 3 heteroatoms. The lowest BCUT2D eigenvalue weighted by Gasteiger charge is -2.23. The minimum absolute atomic E-state index is 0.541. The maximum atomic E-state index is 4.12. The lowest BCUT2D eigenvalue weighted by Crippen LogP contribution is -2.26. The van der Waals surface area contributed by atoms with Crippen LogP contribution in [0.1, 0.15) is 46.5 Å². The molecule has 0 aromatic rings. The van der Waals surface area contributed by atoms with E-state index in [4.69, 9.17) is 0 Å². The zero-order valence-electron chi connectivity index (χ0n) is 9.90. The van der Waals surface area contributed by atoms with E-state index in [0.29, 0.717) is 6.04 Å². The molecule has 0 saturated heterocycles. The summed E-state index contributed by atoms with van der Waals surface area (Å²) in [5.74, 6) is 0. The van der Waals surface area contributed by atoms with Gasteiger partial charge in [0.15, 0.2) is 0 Å². The van der Waals surface area contributed by atoms with E-state index >= 15 is 0 Å². The molecule has 0 N–H and O–H groups in total. The monoisotopic (exact) mass is 197 g/mol. The fourth-order valence-corrected chi connectivity index (χ4v) is 1.44. The van der Waals surface area contributed by atoms with Crippen LogP contribution in [0.2, 0.25) is 0 Å². The van der Waals surface area contributed by atoms with Gasteiger partial charge in [-0.2, -0.15) is 0 Å². The smallest absolute Gasteiger partial charge is 0.0484 e. The van der Waals surface area contributed by atoms with E-state index in [1.165, 1.54) is 25.7 Å². The van der Waals surface area contributed by atoms with Crippen LogP contribution in [0.5, 0.6) is 0 Å². The highest BCUT2D eigenvalue weighted by Gasteiger charge is 2.10. The Bertz CT molecular complexity index is 169. The fraction of sp³-hybridized carbons (Fsp3) is 0.818. The molecular formula is C11H23N3. The van der Waals surface area contributed by atoms with Crippen molar-refractivity contribution >= 4 is 0 Å².